The van der Waals surface area contributed by atoms with Crippen molar-refractivity contribution in [2.24, 2.45) is 11.5 Å². The van der Waals surface area contributed by atoms with Crippen molar-refractivity contribution < 1.29 is 0 Å². The monoisotopic (exact) mass is 118 g/mol. The fraction of sp³-hybridized carbons (Fsp3) is 1.00. The van der Waals surface area contributed by atoms with Gasteiger partial charge in [0, 0.05) is 23.6 Å². The van der Waals surface area contributed by atoms with E-state index >= 15 is 0 Å². The molecule has 1 heterocycles. The molecule has 1 saturated heterocycles. The molecule has 7 heavy (non-hydrogen) atoms. The molecule has 2 atom stereocenters. The molecule has 0 aromatic rings. The van der Waals surface area contributed by atoms with Gasteiger partial charge in [0.1, 0.15) is 0 Å². The summed E-state index contributed by atoms with van der Waals surface area (Å²) in [5.41, 5.74) is 11.1. The molecular formula is C4H10N2S. The summed E-state index contributed by atoms with van der Waals surface area (Å²) in [4.78, 5) is 0. The highest BCUT2D eigenvalue weighted by Gasteiger charge is 2.19. The van der Waals surface area contributed by atoms with E-state index in [1.807, 2.05) is 11.8 Å². The summed E-state index contributed by atoms with van der Waals surface area (Å²) in [7, 11) is 0. The minimum Gasteiger partial charge on any atom is -0.326 e. The SMILES string of the molecule is NC1CSC[C@H]1N. The lowest BCUT2D eigenvalue weighted by Crippen LogP contribution is -2.39. The summed E-state index contributed by atoms with van der Waals surface area (Å²) in [6.45, 7) is 0. The molecule has 1 aliphatic rings. The van der Waals surface area contributed by atoms with E-state index in [9.17, 15) is 0 Å². The Balaban J connectivity index is 2.33. The average Bonchev–Trinajstić information content (AvgIpc) is 1.91. The summed E-state index contributed by atoms with van der Waals surface area (Å²) in [6.07, 6.45) is 0. The van der Waals surface area contributed by atoms with Gasteiger partial charge in [-0.15, -0.1) is 0 Å². The van der Waals surface area contributed by atoms with Gasteiger partial charge in [0.05, 0.1) is 0 Å². The molecule has 0 amide bonds. The molecule has 0 aromatic carbocycles. The summed E-state index contributed by atoms with van der Waals surface area (Å²) in [5, 5.41) is 0. The van der Waals surface area contributed by atoms with E-state index in [4.69, 9.17) is 11.5 Å². The zero-order valence-electron chi connectivity index (χ0n) is 4.13. The van der Waals surface area contributed by atoms with Crippen molar-refractivity contribution in [3.8, 4) is 0 Å². The van der Waals surface area contributed by atoms with Gasteiger partial charge in [0.25, 0.3) is 0 Å². The summed E-state index contributed by atoms with van der Waals surface area (Å²) >= 11 is 1.84. The first-order valence-electron chi connectivity index (χ1n) is 2.39. The van der Waals surface area contributed by atoms with Gasteiger partial charge in [-0.1, -0.05) is 0 Å². The Kier molecular flexibility index (Phi) is 1.57. The van der Waals surface area contributed by atoms with Crippen molar-refractivity contribution in [3.63, 3.8) is 0 Å². The Morgan fingerprint density at radius 1 is 1.14 bits per heavy atom. The van der Waals surface area contributed by atoms with Gasteiger partial charge in [-0.05, 0) is 0 Å². The fourth-order valence-corrected chi connectivity index (χ4v) is 1.76. The predicted octanol–water partition coefficient (Wildman–Crippen LogP) is -0.612. The van der Waals surface area contributed by atoms with E-state index in [2.05, 4.69) is 0 Å². The van der Waals surface area contributed by atoms with Crippen LogP contribution in [0.25, 0.3) is 0 Å². The minimum absolute atomic E-state index is 0.255. The number of rotatable bonds is 0. The lowest BCUT2D eigenvalue weighted by Gasteiger charge is -2.04. The van der Waals surface area contributed by atoms with Crippen LogP contribution in [0.2, 0.25) is 0 Å². The van der Waals surface area contributed by atoms with Crippen LogP contribution in [-0.4, -0.2) is 23.6 Å². The number of thioether (sulfide) groups is 1. The standard InChI is InChI=1S/C4H10N2S/c5-3-1-7-2-4(3)6/h3-4H,1-2,5-6H2/t3-,4?/m1/s1. The van der Waals surface area contributed by atoms with E-state index < -0.39 is 0 Å². The summed E-state index contributed by atoms with van der Waals surface area (Å²) in [5.74, 6) is 2.09. The molecule has 0 saturated carbocycles. The van der Waals surface area contributed by atoms with Gasteiger partial charge in [-0.2, -0.15) is 11.8 Å². The molecule has 0 spiro atoms. The Bertz CT molecular complexity index is 58.7. The molecule has 2 nitrogen and oxygen atoms in total. The largest absolute Gasteiger partial charge is 0.326 e. The van der Waals surface area contributed by atoms with E-state index in [0.29, 0.717) is 0 Å². The van der Waals surface area contributed by atoms with Crippen LogP contribution in [0, 0.1) is 0 Å². The highest BCUT2D eigenvalue weighted by atomic mass is 32.2. The Labute approximate surface area is 47.6 Å². The molecule has 42 valence electrons. The van der Waals surface area contributed by atoms with Crippen molar-refractivity contribution in [2.75, 3.05) is 11.5 Å². The second kappa shape index (κ2) is 2.03. The molecule has 1 unspecified atom stereocenters. The first-order chi connectivity index (χ1) is 3.30. The smallest absolute Gasteiger partial charge is 0.0292 e. The van der Waals surface area contributed by atoms with Crippen molar-refractivity contribution >= 4 is 11.8 Å². The first-order valence-corrected chi connectivity index (χ1v) is 3.55. The molecule has 1 aliphatic heterocycles. The van der Waals surface area contributed by atoms with Crippen molar-refractivity contribution in [2.45, 2.75) is 12.1 Å². The predicted molar refractivity (Wildman–Crippen MR) is 33.3 cm³/mol. The maximum Gasteiger partial charge on any atom is 0.0292 e. The van der Waals surface area contributed by atoms with Gasteiger partial charge in [0.15, 0.2) is 0 Å². The van der Waals surface area contributed by atoms with Crippen LogP contribution in [0.4, 0.5) is 0 Å². The number of nitrogens with two attached hydrogens (primary N) is 2. The van der Waals surface area contributed by atoms with E-state index in [1.165, 1.54) is 0 Å². The van der Waals surface area contributed by atoms with Gasteiger partial charge in [-0.3, -0.25) is 0 Å². The number of hydrogen-bond donors (Lipinski definition) is 2. The second-order valence-corrected chi connectivity index (χ2v) is 2.94. The van der Waals surface area contributed by atoms with Gasteiger partial charge in [0.2, 0.25) is 0 Å². The molecule has 4 N–H and O–H groups in total. The summed E-state index contributed by atoms with van der Waals surface area (Å²) < 4.78 is 0. The lowest BCUT2D eigenvalue weighted by atomic mass is 10.2. The zero-order chi connectivity index (χ0) is 5.28. The topological polar surface area (TPSA) is 52.0 Å². The molecule has 0 radical (unpaired) electrons. The van der Waals surface area contributed by atoms with Crippen LogP contribution in [-0.2, 0) is 0 Å². The van der Waals surface area contributed by atoms with Crippen LogP contribution < -0.4 is 11.5 Å². The van der Waals surface area contributed by atoms with E-state index in [1.54, 1.807) is 0 Å². The Morgan fingerprint density at radius 3 is 1.71 bits per heavy atom. The Morgan fingerprint density at radius 2 is 1.57 bits per heavy atom. The van der Waals surface area contributed by atoms with Crippen LogP contribution in [0.15, 0.2) is 0 Å². The third-order valence-electron chi connectivity index (χ3n) is 1.17. The van der Waals surface area contributed by atoms with Crippen LogP contribution in [0.5, 0.6) is 0 Å². The van der Waals surface area contributed by atoms with E-state index in [0.717, 1.165) is 11.5 Å². The second-order valence-electron chi connectivity index (χ2n) is 1.87. The molecule has 0 aromatic heterocycles. The third-order valence-corrected chi connectivity index (χ3v) is 2.41. The first kappa shape index (κ1) is 5.41. The van der Waals surface area contributed by atoms with Crippen molar-refractivity contribution in [1.29, 1.82) is 0 Å². The third kappa shape index (κ3) is 1.08. The molecule has 3 heteroatoms. The average molecular weight is 118 g/mol. The maximum absolute atomic E-state index is 5.53. The fourth-order valence-electron chi connectivity index (χ4n) is 0.587. The van der Waals surface area contributed by atoms with Crippen molar-refractivity contribution in [3.05, 3.63) is 0 Å². The molecular weight excluding hydrogens is 108 g/mol. The van der Waals surface area contributed by atoms with Crippen molar-refractivity contribution in [1.82, 2.24) is 0 Å². The summed E-state index contributed by atoms with van der Waals surface area (Å²) in [6, 6.07) is 0.509. The van der Waals surface area contributed by atoms with Gasteiger partial charge >= 0.3 is 0 Å². The van der Waals surface area contributed by atoms with Gasteiger partial charge in [-0.25, -0.2) is 0 Å². The Hall–Kier alpha value is 0.270. The molecule has 0 aliphatic carbocycles. The molecule has 1 fully saturated rings. The minimum atomic E-state index is 0.255. The molecule has 0 bridgehead atoms. The highest BCUT2D eigenvalue weighted by molar-refractivity contribution is 7.99. The normalized spacial score (nSPS) is 42.0. The van der Waals surface area contributed by atoms with Gasteiger partial charge < -0.3 is 11.5 Å². The van der Waals surface area contributed by atoms with Crippen LogP contribution in [0.3, 0.4) is 0 Å². The zero-order valence-corrected chi connectivity index (χ0v) is 4.95. The number of hydrogen-bond acceptors (Lipinski definition) is 3. The highest BCUT2D eigenvalue weighted by Crippen LogP contribution is 2.13. The molecule has 1 rings (SSSR count). The van der Waals surface area contributed by atoms with Crippen LogP contribution in [0.1, 0.15) is 0 Å². The van der Waals surface area contributed by atoms with E-state index in [-0.39, 0.29) is 12.1 Å². The lowest BCUT2D eigenvalue weighted by molar-refractivity contribution is 0.642. The quantitative estimate of drug-likeness (QED) is 0.446. The van der Waals surface area contributed by atoms with Crippen LogP contribution >= 0.6 is 11.8 Å². The maximum atomic E-state index is 5.53.